The van der Waals surface area contributed by atoms with Crippen molar-refractivity contribution in [2.24, 2.45) is 11.7 Å². The maximum atomic E-state index is 12.2. The third-order valence-electron chi connectivity index (χ3n) is 3.72. The minimum Gasteiger partial charge on any atom is -0.342 e. The second-order valence-electron chi connectivity index (χ2n) is 5.32. The Balaban J connectivity index is 1.87. The molecule has 0 bridgehead atoms. The number of carbonyl (C=O) groups excluding carboxylic acids is 1. The van der Waals surface area contributed by atoms with E-state index >= 15 is 0 Å². The molecule has 0 aliphatic carbocycles. The second kappa shape index (κ2) is 7.08. The highest BCUT2D eigenvalue weighted by Gasteiger charge is 2.21. The van der Waals surface area contributed by atoms with Crippen LogP contribution in [0.15, 0.2) is 5.16 Å². The van der Waals surface area contributed by atoms with Crippen LogP contribution in [0.2, 0.25) is 0 Å². The van der Waals surface area contributed by atoms with Crippen molar-refractivity contribution in [3.8, 4) is 0 Å². The van der Waals surface area contributed by atoms with Crippen molar-refractivity contribution in [2.45, 2.75) is 38.4 Å². The van der Waals surface area contributed by atoms with Crippen molar-refractivity contribution in [3.63, 3.8) is 0 Å². The van der Waals surface area contributed by atoms with Gasteiger partial charge >= 0.3 is 0 Å². The third-order valence-corrected chi connectivity index (χ3v) is 4.67. The minimum absolute atomic E-state index is 0.196. The first-order valence-electron chi connectivity index (χ1n) is 7.12. The number of carbonyl (C=O) groups is 1. The van der Waals surface area contributed by atoms with Crippen LogP contribution in [-0.2, 0) is 11.3 Å². The predicted octanol–water partition coefficient (Wildman–Crippen LogP) is 0.896. The van der Waals surface area contributed by atoms with E-state index in [1.807, 2.05) is 16.4 Å². The van der Waals surface area contributed by atoms with Crippen LogP contribution in [0.5, 0.6) is 0 Å². The van der Waals surface area contributed by atoms with Crippen molar-refractivity contribution in [1.29, 1.82) is 0 Å². The fourth-order valence-electron chi connectivity index (χ4n) is 2.33. The SMILES string of the molecule is Cc1nnc(SCC(=O)N2CCC(C)CC2)n1CCN. The Labute approximate surface area is 124 Å². The highest BCUT2D eigenvalue weighted by Crippen LogP contribution is 2.20. The van der Waals surface area contributed by atoms with Gasteiger partial charge in [0, 0.05) is 26.2 Å². The molecule has 2 heterocycles. The van der Waals surface area contributed by atoms with Crippen LogP contribution in [0.4, 0.5) is 0 Å². The Morgan fingerprint density at radius 2 is 2.10 bits per heavy atom. The van der Waals surface area contributed by atoms with Gasteiger partial charge in [0.1, 0.15) is 5.82 Å². The van der Waals surface area contributed by atoms with Gasteiger partial charge in [0.05, 0.1) is 5.75 Å². The highest BCUT2D eigenvalue weighted by molar-refractivity contribution is 7.99. The van der Waals surface area contributed by atoms with E-state index in [1.165, 1.54) is 11.8 Å². The fraction of sp³-hybridized carbons (Fsp3) is 0.769. The van der Waals surface area contributed by atoms with Gasteiger partial charge < -0.3 is 15.2 Å². The lowest BCUT2D eigenvalue weighted by molar-refractivity contribution is -0.129. The number of piperidine rings is 1. The molecule has 1 aromatic rings. The maximum Gasteiger partial charge on any atom is 0.233 e. The van der Waals surface area contributed by atoms with E-state index in [9.17, 15) is 4.79 Å². The molecule has 0 spiro atoms. The van der Waals surface area contributed by atoms with Crippen molar-refractivity contribution in [3.05, 3.63) is 5.82 Å². The van der Waals surface area contributed by atoms with Gasteiger partial charge in [-0.1, -0.05) is 18.7 Å². The predicted molar refractivity (Wildman–Crippen MR) is 79.5 cm³/mol. The Morgan fingerprint density at radius 3 is 2.75 bits per heavy atom. The van der Waals surface area contributed by atoms with Gasteiger partial charge in [0.2, 0.25) is 5.91 Å². The lowest BCUT2D eigenvalue weighted by Gasteiger charge is -2.30. The van der Waals surface area contributed by atoms with E-state index in [0.717, 1.165) is 42.8 Å². The van der Waals surface area contributed by atoms with E-state index in [4.69, 9.17) is 5.73 Å². The molecule has 1 fully saturated rings. The van der Waals surface area contributed by atoms with Gasteiger partial charge in [0.25, 0.3) is 0 Å². The fourth-order valence-corrected chi connectivity index (χ4v) is 3.24. The van der Waals surface area contributed by atoms with Crippen LogP contribution < -0.4 is 5.73 Å². The van der Waals surface area contributed by atoms with Crippen LogP contribution in [0, 0.1) is 12.8 Å². The van der Waals surface area contributed by atoms with Crippen molar-refractivity contribution >= 4 is 17.7 Å². The number of thioether (sulfide) groups is 1. The van der Waals surface area contributed by atoms with E-state index < -0.39 is 0 Å². The lowest BCUT2D eigenvalue weighted by atomic mass is 9.99. The molecule has 1 aliphatic rings. The van der Waals surface area contributed by atoms with E-state index in [-0.39, 0.29) is 5.91 Å². The molecular formula is C13H23N5OS. The number of amides is 1. The first kappa shape index (κ1) is 15.3. The zero-order valence-electron chi connectivity index (χ0n) is 12.2. The summed E-state index contributed by atoms with van der Waals surface area (Å²) in [5.74, 6) is 2.21. The Kier molecular flexibility index (Phi) is 5.42. The molecule has 7 heteroatoms. The van der Waals surface area contributed by atoms with Gasteiger partial charge in [-0.15, -0.1) is 10.2 Å². The zero-order valence-corrected chi connectivity index (χ0v) is 13.0. The molecule has 0 aromatic carbocycles. The minimum atomic E-state index is 0.196. The summed E-state index contributed by atoms with van der Waals surface area (Å²) < 4.78 is 1.97. The summed E-state index contributed by atoms with van der Waals surface area (Å²) in [5.41, 5.74) is 5.58. The molecule has 112 valence electrons. The summed E-state index contributed by atoms with van der Waals surface area (Å²) in [6.07, 6.45) is 2.22. The largest absolute Gasteiger partial charge is 0.342 e. The number of nitrogens with zero attached hydrogens (tertiary/aromatic N) is 4. The van der Waals surface area contributed by atoms with Gasteiger partial charge in [0.15, 0.2) is 5.16 Å². The van der Waals surface area contributed by atoms with Gasteiger partial charge in [-0.2, -0.15) is 0 Å². The molecule has 0 atom stereocenters. The average Bonchev–Trinajstić information content (AvgIpc) is 2.79. The zero-order chi connectivity index (χ0) is 14.5. The molecule has 0 unspecified atom stereocenters. The van der Waals surface area contributed by atoms with Crippen LogP contribution >= 0.6 is 11.8 Å². The number of nitrogens with two attached hydrogens (primary N) is 1. The lowest BCUT2D eigenvalue weighted by Crippen LogP contribution is -2.38. The van der Waals surface area contributed by atoms with Crippen LogP contribution in [0.1, 0.15) is 25.6 Å². The molecule has 1 aliphatic heterocycles. The monoisotopic (exact) mass is 297 g/mol. The first-order chi connectivity index (χ1) is 9.61. The molecule has 20 heavy (non-hydrogen) atoms. The van der Waals surface area contributed by atoms with Crippen LogP contribution in [-0.4, -0.2) is 51.0 Å². The number of aryl methyl sites for hydroxylation is 1. The quantitative estimate of drug-likeness (QED) is 0.817. The molecule has 1 saturated heterocycles. The molecule has 0 radical (unpaired) electrons. The number of likely N-dealkylation sites (tertiary alicyclic amines) is 1. The molecule has 0 saturated carbocycles. The summed E-state index contributed by atoms with van der Waals surface area (Å²) in [6.45, 7) is 7.15. The highest BCUT2D eigenvalue weighted by atomic mass is 32.2. The smallest absolute Gasteiger partial charge is 0.233 e. The van der Waals surface area contributed by atoms with Gasteiger partial charge in [-0.3, -0.25) is 4.79 Å². The molecule has 2 N–H and O–H groups in total. The number of aromatic nitrogens is 3. The summed E-state index contributed by atoms with van der Waals surface area (Å²) in [5, 5.41) is 8.94. The molecule has 2 rings (SSSR count). The Morgan fingerprint density at radius 1 is 1.40 bits per heavy atom. The number of rotatable bonds is 5. The molecule has 1 amide bonds. The molecular weight excluding hydrogens is 274 g/mol. The first-order valence-corrected chi connectivity index (χ1v) is 8.10. The van der Waals surface area contributed by atoms with E-state index in [1.54, 1.807) is 0 Å². The summed E-state index contributed by atoms with van der Waals surface area (Å²) in [7, 11) is 0. The summed E-state index contributed by atoms with van der Waals surface area (Å²) >= 11 is 1.45. The van der Waals surface area contributed by atoms with E-state index in [2.05, 4.69) is 17.1 Å². The molecule has 1 aromatic heterocycles. The van der Waals surface area contributed by atoms with Crippen LogP contribution in [0.25, 0.3) is 0 Å². The third kappa shape index (κ3) is 3.73. The normalized spacial score (nSPS) is 16.6. The summed E-state index contributed by atoms with van der Waals surface area (Å²) in [4.78, 5) is 14.1. The maximum absolute atomic E-state index is 12.2. The molecule has 6 nitrogen and oxygen atoms in total. The summed E-state index contributed by atoms with van der Waals surface area (Å²) in [6, 6.07) is 0. The second-order valence-corrected chi connectivity index (χ2v) is 6.26. The standard InChI is InChI=1S/C13H23N5OS/c1-10-3-6-17(7-4-10)12(19)9-20-13-16-15-11(2)18(13)8-5-14/h10H,3-9,14H2,1-2H3. The van der Waals surface area contributed by atoms with Crippen LogP contribution in [0.3, 0.4) is 0 Å². The Hall–Kier alpha value is -1.08. The van der Waals surface area contributed by atoms with Crippen molar-refractivity contribution in [1.82, 2.24) is 19.7 Å². The van der Waals surface area contributed by atoms with E-state index in [0.29, 0.717) is 18.8 Å². The van der Waals surface area contributed by atoms with Crippen molar-refractivity contribution < 1.29 is 4.79 Å². The van der Waals surface area contributed by atoms with Gasteiger partial charge in [-0.25, -0.2) is 0 Å². The number of hydrogen-bond acceptors (Lipinski definition) is 5. The van der Waals surface area contributed by atoms with Crippen molar-refractivity contribution in [2.75, 3.05) is 25.4 Å². The average molecular weight is 297 g/mol. The Bertz CT molecular complexity index is 454. The van der Waals surface area contributed by atoms with Gasteiger partial charge in [-0.05, 0) is 25.7 Å². The number of hydrogen-bond donors (Lipinski definition) is 1. The topological polar surface area (TPSA) is 77.0 Å².